The van der Waals surface area contributed by atoms with Crippen LogP contribution in [-0.2, 0) is 6.54 Å². The van der Waals surface area contributed by atoms with Crippen LogP contribution in [0.4, 0.5) is 0 Å². The molecule has 2 amide bonds. The van der Waals surface area contributed by atoms with Crippen LogP contribution in [0.3, 0.4) is 0 Å². The van der Waals surface area contributed by atoms with E-state index in [0.29, 0.717) is 23.6 Å². The molecule has 0 unspecified atom stereocenters. The van der Waals surface area contributed by atoms with E-state index in [1.165, 1.54) is 18.0 Å². The zero-order valence-corrected chi connectivity index (χ0v) is 10.2. The van der Waals surface area contributed by atoms with Crippen LogP contribution >= 0.6 is 0 Å². The van der Waals surface area contributed by atoms with E-state index in [0.717, 1.165) is 0 Å². The molecule has 2 aromatic heterocycles. The molecule has 0 spiro atoms. The van der Waals surface area contributed by atoms with E-state index < -0.39 is 5.91 Å². The molecular weight excluding hydrogens is 250 g/mol. The SMILES string of the molecule is CNC(=O)c1ccn(Cc2cc(C(=O)NN)co2)n1. The molecule has 19 heavy (non-hydrogen) atoms. The molecule has 8 heteroatoms. The zero-order valence-electron chi connectivity index (χ0n) is 10.2. The lowest BCUT2D eigenvalue weighted by atomic mass is 10.3. The molecule has 4 N–H and O–H groups in total. The van der Waals surface area contributed by atoms with Crippen molar-refractivity contribution in [3.8, 4) is 0 Å². The van der Waals surface area contributed by atoms with Crippen molar-refractivity contribution in [1.29, 1.82) is 0 Å². The zero-order chi connectivity index (χ0) is 13.8. The molecule has 0 bridgehead atoms. The van der Waals surface area contributed by atoms with Gasteiger partial charge in [0.1, 0.15) is 17.7 Å². The normalized spacial score (nSPS) is 10.2. The van der Waals surface area contributed by atoms with Crippen molar-refractivity contribution < 1.29 is 14.0 Å². The number of nitrogens with two attached hydrogens (primary N) is 1. The van der Waals surface area contributed by atoms with E-state index in [1.54, 1.807) is 18.3 Å². The number of carbonyl (C=O) groups excluding carboxylic acids is 2. The number of hydrazine groups is 1. The van der Waals surface area contributed by atoms with Crippen LogP contribution in [-0.4, -0.2) is 28.6 Å². The molecular formula is C11H13N5O3. The molecule has 2 aromatic rings. The van der Waals surface area contributed by atoms with Crippen LogP contribution in [0, 0.1) is 0 Å². The standard InChI is InChI=1S/C11H13N5O3/c1-13-11(18)9-2-3-16(15-9)5-8-4-7(6-19-8)10(17)14-12/h2-4,6H,5,12H2,1H3,(H,13,18)(H,14,17). The highest BCUT2D eigenvalue weighted by atomic mass is 16.3. The summed E-state index contributed by atoms with van der Waals surface area (Å²) < 4.78 is 6.75. The van der Waals surface area contributed by atoms with Gasteiger partial charge in [0.2, 0.25) is 0 Å². The first-order valence-corrected chi connectivity index (χ1v) is 5.48. The summed E-state index contributed by atoms with van der Waals surface area (Å²) in [5, 5.41) is 6.55. The highest BCUT2D eigenvalue weighted by Crippen LogP contribution is 2.09. The molecule has 100 valence electrons. The number of amides is 2. The van der Waals surface area contributed by atoms with E-state index in [4.69, 9.17) is 10.3 Å². The minimum absolute atomic E-state index is 0.263. The number of nitrogens with one attached hydrogen (secondary N) is 2. The van der Waals surface area contributed by atoms with Gasteiger partial charge in [0.25, 0.3) is 11.8 Å². The monoisotopic (exact) mass is 263 g/mol. The summed E-state index contributed by atoms with van der Waals surface area (Å²) in [7, 11) is 1.53. The van der Waals surface area contributed by atoms with Crippen LogP contribution in [0.15, 0.2) is 29.0 Å². The molecule has 0 aliphatic rings. The summed E-state index contributed by atoms with van der Waals surface area (Å²) in [6, 6.07) is 3.15. The fraction of sp³-hybridized carbons (Fsp3) is 0.182. The Hall–Kier alpha value is -2.61. The maximum absolute atomic E-state index is 11.3. The van der Waals surface area contributed by atoms with Gasteiger partial charge in [0.15, 0.2) is 0 Å². The molecule has 8 nitrogen and oxygen atoms in total. The number of nitrogen functional groups attached to an aromatic ring is 1. The number of furan rings is 1. The van der Waals surface area contributed by atoms with Gasteiger partial charge in [-0.25, -0.2) is 5.84 Å². The molecule has 0 aromatic carbocycles. The second-order valence-corrected chi connectivity index (χ2v) is 3.75. The molecule has 0 aliphatic heterocycles. The Labute approximate surface area is 108 Å². The summed E-state index contributed by atoms with van der Waals surface area (Å²) >= 11 is 0. The van der Waals surface area contributed by atoms with Crippen molar-refractivity contribution >= 4 is 11.8 Å². The van der Waals surface area contributed by atoms with Gasteiger partial charge in [-0.2, -0.15) is 5.10 Å². The van der Waals surface area contributed by atoms with Crippen LogP contribution < -0.4 is 16.6 Å². The second kappa shape index (κ2) is 5.36. The minimum Gasteiger partial charge on any atom is -0.467 e. The Morgan fingerprint density at radius 3 is 2.95 bits per heavy atom. The lowest BCUT2D eigenvalue weighted by molar-refractivity contribution is 0.0947. The third-order valence-corrected chi connectivity index (χ3v) is 2.47. The van der Waals surface area contributed by atoms with Gasteiger partial charge in [-0.15, -0.1) is 0 Å². The van der Waals surface area contributed by atoms with Crippen molar-refractivity contribution in [3.05, 3.63) is 41.6 Å². The van der Waals surface area contributed by atoms with Gasteiger partial charge in [-0.3, -0.25) is 19.7 Å². The fourth-order valence-electron chi connectivity index (χ4n) is 1.52. The first-order chi connectivity index (χ1) is 9.13. The third kappa shape index (κ3) is 2.80. The van der Waals surface area contributed by atoms with Crippen molar-refractivity contribution in [3.63, 3.8) is 0 Å². The summed E-state index contributed by atoms with van der Waals surface area (Å²) in [5.41, 5.74) is 2.65. The van der Waals surface area contributed by atoms with Crippen molar-refractivity contribution in [2.75, 3.05) is 7.05 Å². The smallest absolute Gasteiger partial charge is 0.271 e. The summed E-state index contributed by atoms with van der Waals surface area (Å²) in [6.45, 7) is 0.314. The second-order valence-electron chi connectivity index (χ2n) is 3.75. The van der Waals surface area contributed by atoms with Crippen LogP contribution in [0.1, 0.15) is 26.6 Å². The highest BCUT2D eigenvalue weighted by molar-refractivity contribution is 5.93. The summed E-state index contributed by atoms with van der Waals surface area (Å²) in [4.78, 5) is 22.6. The van der Waals surface area contributed by atoms with E-state index in [1.807, 2.05) is 5.43 Å². The first-order valence-electron chi connectivity index (χ1n) is 5.48. The number of hydrogen-bond donors (Lipinski definition) is 3. The van der Waals surface area contributed by atoms with Gasteiger partial charge >= 0.3 is 0 Å². The third-order valence-electron chi connectivity index (χ3n) is 2.47. The Bertz CT molecular complexity index is 549. The maximum atomic E-state index is 11.3. The molecule has 0 radical (unpaired) electrons. The van der Waals surface area contributed by atoms with E-state index in [2.05, 4.69) is 10.4 Å². The lowest BCUT2D eigenvalue weighted by Gasteiger charge is -1.97. The molecule has 2 heterocycles. The topological polar surface area (TPSA) is 115 Å². The van der Waals surface area contributed by atoms with Gasteiger partial charge < -0.3 is 9.73 Å². The van der Waals surface area contributed by atoms with E-state index in [-0.39, 0.29) is 5.91 Å². The van der Waals surface area contributed by atoms with Crippen molar-refractivity contribution in [2.24, 2.45) is 5.84 Å². The van der Waals surface area contributed by atoms with Gasteiger partial charge in [-0.1, -0.05) is 0 Å². The van der Waals surface area contributed by atoms with Gasteiger partial charge in [-0.05, 0) is 12.1 Å². The fourth-order valence-corrected chi connectivity index (χ4v) is 1.52. The van der Waals surface area contributed by atoms with Crippen LogP contribution in [0.2, 0.25) is 0 Å². The van der Waals surface area contributed by atoms with Crippen LogP contribution in [0.25, 0.3) is 0 Å². The molecule has 0 atom stereocenters. The highest BCUT2D eigenvalue weighted by Gasteiger charge is 2.11. The minimum atomic E-state index is -0.429. The lowest BCUT2D eigenvalue weighted by Crippen LogP contribution is -2.29. The van der Waals surface area contributed by atoms with Crippen LogP contribution in [0.5, 0.6) is 0 Å². The molecule has 2 rings (SSSR count). The maximum Gasteiger partial charge on any atom is 0.271 e. The molecule has 0 aliphatic carbocycles. The van der Waals surface area contributed by atoms with E-state index in [9.17, 15) is 9.59 Å². The average Bonchev–Trinajstić information content (AvgIpc) is 3.07. The molecule has 0 saturated heterocycles. The van der Waals surface area contributed by atoms with Crippen molar-refractivity contribution in [2.45, 2.75) is 6.54 Å². The van der Waals surface area contributed by atoms with Gasteiger partial charge in [0.05, 0.1) is 12.1 Å². The number of nitrogens with zero attached hydrogens (tertiary/aromatic N) is 2. The summed E-state index contributed by atoms with van der Waals surface area (Å²) in [5.74, 6) is 4.86. The quantitative estimate of drug-likeness (QED) is 0.390. The number of aromatic nitrogens is 2. The molecule has 0 fully saturated rings. The number of hydrogen-bond acceptors (Lipinski definition) is 5. The van der Waals surface area contributed by atoms with Gasteiger partial charge in [0, 0.05) is 13.2 Å². The predicted octanol–water partition coefficient (Wildman–Crippen LogP) is -0.512. The number of carbonyl (C=O) groups is 2. The molecule has 0 saturated carbocycles. The largest absolute Gasteiger partial charge is 0.467 e. The Balaban J connectivity index is 2.09. The predicted molar refractivity (Wildman–Crippen MR) is 65.1 cm³/mol. The summed E-state index contributed by atoms with van der Waals surface area (Å²) in [6.07, 6.45) is 2.95. The van der Waals surface area contributed by atoms with Crippen molar-refractivity contribution in [1.82, 2.24) is 20.5 Å². The van der Waals surface area contributed by atoms with E-state index >= 15 is 0 Å². The average molecular weight is 263 g/mol. The Morgan fingerprint density at radius 1 is 1.47 bits per heavy atom. The Morgan fingerprint density at radius 2 is 2.26 bits per heavy atom. The number of rotatable bonds is 4. The Kier molecular flexibility index (Phi) is 3.62. The first kappa shape index (κ1) is 12.8.